The van der Waals surface area contributed by atoms with Crippen LogP contribution >= 0.6 is 0 Å². The van der Waals surface area contributed by atoms with E-state index in [1.165, 1.54) is 0 Å². The molecule has 1 fully saturated rings. The number of imide groups is 1. The van der Waals surface area contributed by atoms with Gasteiger partial charge in [0.15, 0.2) is 0 Å². The molecule has 28 heavy (non-hydrogen) atoms. The normalized spacial score (nSPS) is 19.3. The van der Waals surface area contributed by atoms with E-state index in [9.17, 15) is 14.4 Å². The Kier molecular flexibility index (Phi) is 6.77. The van der Waals surface area contributed by atoms with Crippen molar-refractivity contribution in [3.05, 3.63) is 34.9 Å². The van der Waals surface area contributed by atoms with Crippen LogP contribution in [-0.4, -0.2) is 74.0 Å². The van der Waals surface area contributed by atoms with Crippen LogP contribution in [0.5, 0.6) is 0 Å². The van der Waals surface area contributed by atoms with Crippen LogP contribution < -0.4 is 10.6 Å². The number of rotatable bonds is 9. The summed E-state index contributed by atoms with van der Waals surface area (Å²) in [4.78, 5) is 40.2. The van der Waals surface area contributed by atoms with E-state index >= 15 is 0 Å². The van der Waals surface area contributed by atoms with E-state index in [2.05, 4.69) is 15.5 Å². The van der Waals surface area contributed by atoms with Gasteiger partial charge in [-0.25, -0.2) is 0 Å². The quantitative estimate of drug-likeness (QED) is 0.461. The maximum absolute atomic E-state index is 12.9. The molecule has 0 saturated carbocycles. The molecule has 2 heterocycles. The molecule has 0 aliphatic carbocycles. The maximum atomic E-state index is 12.9. The fourth-order valence-electron chi connectivity index (χ4n) is 3.66. The number of likely N-dealkylation sites (N-methyl/N-ethyl adjacent to an activating group) is 2. The van der Waals surface area contributed by atoms with Gasteiger partial charge in [-0.05, 0) is 37.7 Å². The summed E-state index contributed by atoms with van der Waals surface area (Å²) in [5, 5.41) is 5.38. The van der Waals surface area contributed by atoms with Gasteiger partial charge in [-0.2, -0.15) is 0 Å². The van der Waals surface area contributed by atoms with E-state index in [1.54, 1.807) is 4.90 Å². The number of carbonyl (C=O) groups is 3. The lowest BCUT2D eigenvalue weighted by atomic mass is 10.0. The Hall–Kier alpha value is -2.29. The predicted molar refractivity (Wildman–Crippen MR) is 104 cm³/mol. The first-order valence-corrected chi connectivity index (χ1v) is 9.67. The minimum Gasteiger partial charge on any atom is -0.379 e. The average molecular weight is 388 g/mol. The summed E-state index contributed by atoms with van der Waals surface area (Å²) in [6, 6.07) is 5.15. The van der Waals surface area contributed by atoms with E-state index in [-0.39, 0.29) is 24.1 Å². The predicted octanol–water partition coefficient (Wildman–Crippen LogP) is 0.115. The van der Waals surface area contributed by atoms with Crippen LogP contribution in [-0.2, 0) is 27.4 Å². The van der Waals surface area contributed by atoms with E-state index in [0.29, 0.717) is 38.3 Å². The second-order valence-electron chi connectivity index (χ2n) is 7.30. The standard InChI is InChI=1S/C20H28N4O4/c1-21-8-10-28-11-9-23(2)12-14-4-3-5-15-16(14)13-24(20(15)27)17-6-7-18(25)22-19(17)26/h3-5,17,21H,6-13H2,1-2H3,(H,22,25,26). The summed E-state index contributed by atoms with van der Waals surface area (Å²) in [5.74, 6) is -0.788. The summed E-state index contributed by atoms with van der Waals surface area (Å²) in [6.45, 7) is 4.06. The number of fused-ring (bicyclic) bond motifs is 1. The van der Waals surface area contributed by atoms with Crippen molar-refractivity contribution >= 4 is 17.7 Å². The lowest BCUT2D eigenvalue weighted by Crippen LogP contribution is -2.52. The molecule has 3 rings (SSSR count). The molecule has 1 saturated heterocycles. The molecule has 3 amide bonds. The first-order chi connectivity index (χ1) is 13.5. The highest BCUT2D eigenvalue weighted by Crippen LogP contribution is 2.30. The molecule has 1 unspecified atom stereocenters. The number of benzene rings is 1. The largest absolute Gasteiger partial charge is 0.379 e. The fourth-order valence-corrected chi connectivity index (χ4v) is 3.66. The molecule has 1 aromatic carbocycles. The number of piperidine rings is 1. The number of nitrogens with zero attached hydrogens (tertiary/aromatic N) is 2. The molecule has 2 N–H and O–H groups in total. The highest BCUT2D eigenvalue weighted by molar-refractivity contribution is 6.05. The molecule has 2 aliphatic rings. The van der Waals surface area contributed by atoms with Crippen molar-refractivity contribution in [3.63, 3.8) is 0 Å². The number of hydrogen-bond donors (Lipinski definition) is 2. The Morgan fingerprint density at radius 3 is 2.86 bits per heavy atom. The average Bonchev–Trinajstić information content (AvgIpc) is 2.99. The summed E-state index contributed by atoms with van der Waals surface area (Å²) in [7, 11) is 3.92. The SMILES string of the molecule is CNCCOCCN(C)Cc1cccc2c1CN(C1CCC(=O)NC1=O)C2=O. The van der Waals surface area contributed by atoms with Gasteiger partial charge in [0.25, 0.3) is 5.91 Å². The van der Waals surface area contributed by atoms with E-state index in [0.717, 1.165) is 24.2 Å². The van der Waals surface area contributed by atoms with E-state index < -0.39 is 6.04 Å². The van der Waals surface area contributed by atoms with Crippen LogP contribution in [0.1, 0.15) is 34.3 Å². The maximum Gasteiger partial charge on any atom is 0.255 e. The Morgan fingerprint density at radius 2 is 2.11 bits per heavy atom. The third-order valence-corrected chi connectivity index (χ3v) is 5.23. The molecular weight excluding hydrogens is 360 g/mol. The highest BCUT2D eigenvalue weighted by atomic mass is 16.5. The number of hydrogen-bond acceptors (Lipinski definition) is 6. The zero-order valence-corrected chi connectivity index (χ0v) is 16.5. The van der Waals surface area contributed by atoms with Gasteiger partial charge < -0.3 is 15.0 Å². The van der Waals surface area contributed by atoms with Gasteiger partial charge in [-0.15, -0.1) is 0 Å². The van der Waals surface area contributed by atoms with E-state index in [4.69, 9.17) is 4.74 Å². The lowest BCUT2D eigenvalue weighted by Gasteiger charge is -2.29. The third kappa shape index (κ3) is 4.57. The van der Waals surface area contributed by atoms with Crippen molar-refractivity contribution in [1.82, 2.24) is 20.4 Å². The third-order valence-electron chi connectivity index (χ3n) is 5.23. The van der Waals surface area contributed by atoms with Crippen molar-refractivity contribution in [1.29, 1.82) is 0 Å². The first-order valence-electron chi connectivity index (χ1n) is 9.67. The van der Waals surface area contributed by atoms with Crippen molar-refractivity contribution in [2.75, 3.05) is 40.4 Å². The van der Waals surface area contributed by atoms with Crippen molar-refractivity contribution < 1.29 is 19.1 Å². The summed E-state index contributed by atoms with van der Waals surface area (Å²) in [5.41, 5.74) is 2.71. The molecule has 0 bridgehead atoms. The second-order valence-corrected chi connectivity index (χ2v) is 7.30. The molecule has 8 nitrogen and oxygen atoms in total. The van der Waals surface area contributed by atoms with Crippen LogP contribution in [0.25, 0.3) is 0 Å². The van der Waals surface area contributed by atoms with E-state index in [1.807, 2.05) is 32.3 Å². The smallest absolute Gasteiger partial charge is 0.255 e. The molecule has 0 spiro atoms. The van der Waals surface area contributed by atoms with Crippen LogP contribution in [0.3, 0.4) is 0 Å². The van der Waals surface area contributed by atoms with Gasteiger partial charge in [-0.3, -0.25) is 24.6 Å². The van der Waals surface area contributed by atoms with Crippen molar-refractivity contribution in [3.8, 4) is 0 Å². The van der Waals surface area contributed by atoms with Gasteiger partial charge in [-0.1, -0.05) is 12.1 Å². The Labute approximate surface area is 165 Å². The van der Waals surface area contributed by atoms with Gasteiger partial charge in [0.2, 0.25) is 11.8 Å². The summed E-state index contributed by atoms with van der Waals surface area (Å²) < 4.78 is 5.57. The number of ether oxygens (including phenoxy) is 1. The molecule has 1 atom stereocenters. The molecule has 2 aliphatic heterocycles. The Balaban J connectivity index is 1.63. The van der Waals surface area contributed by atoms with Crippen molar-refractivity contribution in [2.24, 2.45) is 0 Å². The van der Waals surface area contributed by atoms with Gasteiger partial charge in [0.05, 0.1) is 13.2 Å². The number of amides is 3. The summed E-state index contributed by atoms with van der Waals surface area (Å²) >= 11 is 0. The fraction of sp³-hybridized carbons (Fsp3) is 0.550. The molecule has 0 radical (unpaired) electrons. The minimum absolute atomic E-state index is 0.135. The van der Waals surface area contributed by atoms with Gasteiger partial charge >= 0.3 is 0 Å². The van der Waals surface area contributed by atoms with Gasteiger partial charge in [0, 0.05) is 38.2 Å². The number of carbonyl (C=O) groups excluding carboxylic acids is 3. The number of nitrogens with one attached hydrogen (secondary N) is 2. The topological polar surface area (TPSA) is 91.0 Å². The monoisotopic (exact) mass is 388 g/mol. The first kappa shape index (κ1) is 20.4. The molecule has 152 valence electrons. The zero-order valence-electron chi connectivity index (χ0n) is 16.5. The van der Waals surface area contributed by atoms with Crippen LogP contribution in [0.15, 0.2) is 18.2 Å². The van der Waals surface area contributed by atoms with Crippen molar-refractivity contribution in [2.45, 2.75) is 32.0 Å². The van der Waals surface area contributed by atoms with Crippen LogP contribution in [0, 0.1) is 0 Å². The molecular formula is C20H28N4O4. The zero-order chi connectivity index (χ0) is 20.1. The Bertz CT molecular complexity index is 752. The highest BCUT2D eigenvalue weighted by Gasteiger charge is 2.39. The molecule has 1 aromatic rings. The Morgan fingerprint density at radius 1 is 1.29 bits per heavy atom. The van der Waals surface area contributed by atoms with Crippen LogP contribution in [0.2, 0.25) is 0 Å². The molecule has 8 heteroatoms. The molecule has 0 aromatic heterocycles. The van der Waals surface area contributed by atoms with Crippen LogP contribution in [0.4, 0.5) is 0 Å². The summed E-state index contributed by atoms with van der Waals surface area (Å²) in [6.07, 6.45) is 0.642. The lowest BCUT2D eigenvalue weighted by molar-refractivity contribution is -0.136. The minimum atomic E-state index is -0.580. The van der Waals surface area contributed by atoms with Gasteiger partial charge in [0.1, 0.15) is 6.04 Å². The second kappa shape index (κ2) is 9.27.